The summed E-state index contributed by atoms with van der Waals surface area (Å²) < 4.78 is 5.68. The molecule has 0 saturated carbocycles. The summed E-state index contributed by atoms with van der Waals surface area (Å²) in [6, 6.07) is 4.01. The highest BCUT2D eigenvalue weighted by Crippen LogP contribution is 2.21. The van der Waals surface area contributed by atoms with E-state index in [1.54, 1.807) is 0 Å². The fourth-order valence-electron chi connectivity index (χ4n) is 3.66. The molecule has 0 aliphatic carbocycles. The second kappa shape index (κ2) is 6.43. The number of fused-ring (bicyclic) bond motifs is 1. The van der Waals surface area contributed by atoms with E-state index < -0.39 is 0 Å². The zero-order valence-corrected chi connectivity index (χ0v) is 14.2. The second-order valence-corrected chi connectivity index (χ2v) is 6.84. The van der Waals surface area contributed by atoms with Gasteiger partial charge in [-0.05, 0) is 44.7 Å². The predicted octanol–water partition coefficient (Wildman–Crippen LogP) is 2.22. The third kappa shape index (κ3) is 3.11. The first kappa shape index (κ1) is 15.4. The molecule has 6 heteroatoms. The number of H-pyrrole nitrogens is 1. The Morgan fingerprint density at radius 3 is 2.79 bits per heavy atom. The summed E-state index contributed by atoms with van der Waals surface area (Å²) in [5, 5.41) is 0. The van der Waals surface area contributed by atoms with E-state index in [0.717, 1.165) is 61.3 Å². The van der Waals surface area contributed by atoms with Crippen molar-refractivity contribution in [2.24, 2.45) is 0 Å². The molecule has 0 amide bonds. The molecule has 0 spiro atoms. The molecule has 2 aliphatic heterocycles. The summed E-state index contributed by atoms with van der Waals surface area (Å²) in [6.07, 6.45) is 4.36. The van der Waals surface area contributed by atoms with Crippen molar-refractivity contribution >= 4 is 5.95 Å². The highest BCUT2D eigenvalue weighted by atomic mass is 16.3. The molecule has 1 saturated heterocycles. The third-order valence-electron chi connectivity index (χ3n) is 4.97. The van der Waals surface area contributed by atoms with Crippen molar-refractivity contribution in [2.75, 3.05) is 24.5 Å². The number of anilines is 1. The van der Waals surface area contributed by atoms with Gasteiger partial charge in [-0.3, -0.25) is 14.7 Å². The fraction of sp³-hybridized carbons (Fsp3) is 0.556. The van der Waals surface area contributed by atoms with Crippen LogP contribution in [0.15, 0.2) is 21.3 Å². The maximum Gasteiger partial charge on any atom is 0.255 e. The van der Waals surface area contributed by atoms with Crippen LogP contribution in [-0.2, 0) is 19.5 Å². The number of hydrogen-bond donors (Lipinski definition) is 1. The first-order valence-electron chi connectivity index (χ1n) is 8.84. The van der Waals surface area contributed by atoms with Crippen LogP contribution in [0, 0.1) is 6.92 Å². The number of aromatic nitrogens is 2. The maximum absolute atomic E-state index is 12.4. The SMILES string of the molecule is Cc1ccc(CN2CCc3c(nc(N4CCCCC4)[nH]c3=O)C2)o1. The van der Waals surface area contributed by atoms with E-state index in [2.05, 4.69) is 14.8 Å². The molecule has 2 aliphatic rings. The summed E-state index contributed by atoms with van der Waals surface area (Å²) >= 11 is 0. The van der Waals surface area contributed by atoms with Gasteiger partial charge in [0.15, 0.2) is 0 Å². The van der Waals surface area contributed by atoms with Gasteiger partial charge in [0.1, 0.15) is 11.5 Å². The van der Waals surface area contributed by atoms with Crippen molar-refractivity contribution in [2.45, 2.75) is 45.7 Å². The quantitative estimate of drug-likeness (QED) is 0.936. The highest BCUT2D eigenvalue weighted by molar-refractivity contribution is 5.34. The molecular formula is C18H24N4O2. The van der Waals surface area contributed by atoms with Crippen LogP contribution in [0.3, 0.4) is 0 Å². The lowest BCUT2D eigenvalue weighted by molar-refractivity contribution is 0.220. The number of rotatable bonds is 3. The maximum atomic E-state index is 12.4. The third-order valence-corrected chi connectivity index (χ3v) is 4.97. The Hall–Kier alpha value is -2.08. The van der Waals surface area contributed by atoms with E-state index in [1.165, 1.54) is 19.3 Å². The summed E-state index contributed by atoms with van der Waals surface area (Å²) in [4.78, 5) is 24.7. The first-order valence-corrected chi connectivity index (χ1v) is 8.84. The minimum atomic E-state index is 0.0362. The summed E-state index contributed by atoms with van der Waals surface area (Å²) in [5.74, 6) is 2.65. The van der Waals surface area contributed by atoms with Gasteiger partial charge in [-0.1, -0.05) is 0 Å². The molecule has 1 N–H and O–H groups in total. The summed E-state index contributed by atoms with van der Waals surface area (Å²) in [6.45, 7) is 6.26. The molecule has 128 valence electrons. The molecule has 0 aromatic carbocycles. The van der Waals surface area contributed by atoms with E-state index in [1.807, 2.05) is 19.1 Å². The first-order chi connectivity index (χ1) is 11.7. The average Bonchev–Trinajstić information content (AvgIpc) is 3.00. The van der Waals surface area contributed by atoms with E-state index in [4.69, 9.17) is 9.40 Å². The molecule has 0 unspecified atom stereocenters. The Morgan fingerprint density at radius 1 is 1.21 bits per heavy atom. The van der Waals surface area contributed by atoms with Crippen LogP contribution in [-0.4, -0.2) is 34.5 Å². The number of nitrogens with zero attached hydrogens (tertiary/aromatic N) is 3. The van der Waals surface area contributed by atoms with Gasteiger partial charge in [-0.25, -0.2) is 4.98 Å². The molecule has 2 aromatic rings. The van der Waals surface area contributed by atoms with Gasteiger partial charge < -0.3 is 9.32 Å². The molecule has 0 bridgehead atoms. The van der Waals surface area contributed by atoms with Crippen molar-refractivity contribution in [3.05, 3.63) is 45.3 Å². The van der Waals surface area contributed by atoms with Crippen LogP contribution >= 0.6 is 0 Å². The smallest absolute Gasteiger partial charge is 0.255 e. The van der Waals surface area contributed by atoms with Gasteiger partial charge in [0.05, 0.1) is 12.2 Å². The molecular weight excluding hydrogens is 304 g/mol. The average molecular weight is 328 g/mol. The lowest BCUT2D eigenvalue weighted by Gasteiger charge is -2.30. The van der Waals surface area contributed by atoms with E-state index >= 15 is 0 Å². The summed E-state index contributed by atoms with van der Waals surface area (Å²) in [5.41, 5.74) is 1.81. The Labute approximate surface area is 141 Å². The van der Waals surface area contributed by atoms with Crippen LogP contribution in [0.4, 0.5) is 5.95 Å². The minimum absolute atomic E-state index is 0.0362. The van der Waals surface area contributed by atoms with Crippen LogP contribution < -0.4 is 10.5 Å². The highest BCUT2D eigenvalue weighted by Gasteiger charge is 2.23. The lowest BCUT2D eigenvalue weighted by Crippen LogP contribution is -2.38. The molecule has 0 radical (unpaired) electrons. The minimum Gasteiger partial charge on any atom is -0.465 e. The normalized spacial score (nSPS) is 18.6. The number of piperidine rings is 1. The van der Waals surface area contributed by atoms with Crippen LogP contribution in [0.5, 0.6) is 0 Å². The van der Waals surface area contributed by atoms with Crippen molar-refractivity contribution in [1.29, 1.82) is 0 Å². The van der Waals surface area contributed by atoms with E-state index in [9.17, 15) is 4.79 Å². The van der Waals surface area contributed by atoms with Gasteiger partial charge in [-0.2, -0.15) is 0 Å². The lowest BCUT2D eigenvalue weighted by atomic mass is 10.1. The number of aryl methyl sites for hydroxylation is 1. The zero-order chi connectivity index (χ0) is 16.5. The molecule has 4 rings (SSSR count). The summed E-state index contributed by atoms with van der Waals surface area (Å²) in [7, 11) is 0. The Kier molecular flexibility index (Phi) is 4.14. The molecule has 4 heterocycles. The van der Waals surface area contributed by atoms with Crippen molar-refractivity contribution in [3.8, 4) is 0 Å². The predicted molar refractivity (Wildman–Crippen MR) is 92.2 cm³/mol. The van der Waals surface area contributed by atoms with Gasteiger partial charge in [0, 0.05) is 31.7 Å². The Bertz CT molecular complexity index is 774. The van der Waals surface area contributed by atoms with Gasteiger partial charge >= 0.3 is 0 Å². The number of furan rings is 1. The number of aromatic amines is 1. The molecule has 6 nitrogen and oxygen atoms in total. The van der Waals surface area contributed by atoms with E-state index in [0.29, 0.717) is 6.54 Å². The van der Waals surface area contributed by atoms with Gasteiger partial charge in [0.2, 0.25) is 5.95 Å². The van der Waals surface area contributed by atoms with E-state index in [-0.39, 0.29) is 5.56 Å². The monoisotopic (exact) mass is 328 g/mol. The van der Waals surface area contributed by atoms with Crippen LogP contribution in [0.1, 0.15) is 42.0 Å². The van der Waals surface area contributed by atoms with Crippen LogP contribution in [0.25, 0.3) is 0 Å². The zero-order valence-electron chi connectivity index (χ0n) is 14.2. The van der Waals surface area contributed by atoms with Crippen molar-refractivity contribution in [1.82, 2.24) is 14.9 Å². The number of hydrogen-bond acceptors (Lipinski definition) is 5. The number of nitrogens with one attached hydrogen (secondary N) is 1. The largest absolute Gasteiger partial charge is 0.465 e. The molecule has 2 aromatic heterocycles. The molecule has 1 fully saturated rings. The second-order valence-electron chi connectivity index (χ2n) is 6.84. The Morgan fingerprint density at radius 2 is 2.04 bits per heavy atom. The van der Waals surface area contributed by atoms with Crippen molar-refractivity contribution < 1.29 is 4.42 Å². The van der Waals surface area contributed by atoms with Crippen LogP contribution in [0.2, 0.25) is 0 Å². The molecule has 24 heavy (non-hydrogen) atoms. The Balaban J connectivity index is 1.55. The van der Waals surface area contributed by atoms with Crippen molar-refractivity contribution in [3.63, 3.8) is 0 Å². The fourth-order valence-corrected chi connectivity index (χ4v) is 3.66. The van der Waals surface area contributed by atoms with Gasteiger partial charge in [0.25, 0.3) is 5.56 Å². The standard InChI is InChI=1S/C18H24N4O2/c1-13-5-6-14(24-13)11-21-10-7-15-16(12-21)19-18(20-17(15)23)22-8-3-2-4-9-22/h5-6H,2-4,7-12H2,1H3,(H,19,20,23). The van der Waals surface area contributed by atoms with Gasteiger partial charge in [-0.15, -0.1) is 0 Å². The topological polar surface area (TPSA) is 65.4 Å². The molecule has 0 atom stereocenters.